The summed E-state index contributed by atoms with van der Waals surface area (Å²) in [6, 6.07) is 8.44. The Morgan fingerprint density at radius 2 is 1.80 bits per heavy atom. The smallest absolute Gasteiger partial charge is 0.119 e. The number of rotatable bonds is 9. The van der Waals surface area contributed by atoms with Crippen molar-refractivity contribution in [1.29, 1.82) is 0 Å². The number of ether oxygens (including phenoxy) is 1. The Hall–Kier alpha value is -1.02. The fraction of sp³-hybridized carbons (Fsp3) is 0.667. The molecule has 0 amide bonds. The minimum absolute atomic E-state index is 0.337. The van der Waals surface area contributed by atoms with Gasteiger partial charge in [-0.1, -0.05) is 53.2 Å². The lowest BCUT2D eigenvalue weighted by molar-refractivity contribution is 0.238. The van der Waals surface area contributed by atoms with Crippen LogP contribution < -0.4 is 10.1 Å². The third-order valence-corrected chi connectivity index (χ3v) is 4.16. The highest BCUT2D eigenvalue weighted by atomic mass is 16.5. The zero-order valence-electron chi connectivity index (χ0n) is 13.8. The van der Waals surface area contributed by atoms with Crippen LogP contribution in [0.1, 0.15) is 53.0 Å². The summed E-state index contributed by atoms with van der Waals surface area (Å²) in [5, 5.41) is 3.55. The summed E-state index contributed by atoms with van der Waals surface area (Å²) >= 11 is 0. The van der Waals surface area contributed by atoms with Crippen molar-refractivity contribution < 1.29 is 4.74 Å². The van der Waals surface area contributed by atoms with Crippen LogP contribution >= 0.6 is 0 Å². The van der Waals surface area contributed by atoms with Crippen molar-refractivity contribution in [1.82, 2.24) is 5.32 Å². The second-order valence-corrected chi connectivity index (χ2v) is 6.59. The number of hydrogen-bond acceptors (Lipinski definition) is 2. The number of nitrogens with one attached hydrogen (secondary N) is 1. The molecule has 0 fully saturated rings. The molecule has 0 atom stereocenters. The third-order valence-electron chi connectivity index (χ3n) is 4.16. The van der Waals surface area contributed by atoms with Gasteiger partial charge in [0.05, 0.1) is 6.61 Å². The lowest BCUT2D eigenvalue weighted by Gasteiger charge is -2.29. The highest BCUT2D eigenvalue weighted by molar-refractivity contribution is 5.27. The minimum atomic E-state index is 0.337. The van der Waals surface area contributed by atoms with Crippen LogP contribution in [0.25, 0.3) is 0 Å². The lowest BCUT2D eigenvalue weighted by atomic mass is 9.81. The first kappa shape index (κ1) is 17.0. The van der Waals surface area contributed by atoms with Gasteiger partial charge >= 0.3 is 0 Å². The molecule has 0 aliphatic carbocycles. The quantitative estimate of drug-likeness (QED) is 0.664. The third kappa shape index (κ3) is 5.96. The van der Waals surface area contributed by atoms with Crippen molar-refractivity contribution in [3.8, 4) is 5.75 Å². The normalized spacial score (nSPS) is 11.9. The molecule has 0 bridgehead atoms. The first-order valence-electron chi connectivity index (χ1n) is 7.88. The summed E-state index contributed by atoms with van der Waals surface area (Å²) in [7, 11) is 0. The van der Waals surface area contributed by atoms with E-state index in [1.54, 1.807) is 0 Å². The summed E-state index contributed by atoms with van der Waals surface area (Å²) in [6.07, 6.45) is 2.29. The van der Waals surface area contributed by atoms with E-state index in [0.29, 0.717) is 11.3 Å². The Balaban J connectivity index is 2.35. The molecule has 1 N–H and O–H groups in total. The molecular formula is C18H31NO. The molecule has 20 heavy (non-hydrogen) atoms. The molecule has 0 spiro atoms. The highest BCUT2D eigenvalue weighted by Gasteiger charge is 2.21. The van der Waals surface area contributed by atoms with E-state index in [0.717, 1.165) is 31.9 Å². The van der Waals surface area contributed by atoms with Gasteiger partial charge in [0.1, 0.15) is 5.75 Å². The van der Waals surface area contributed by atoms with Crippen molar-refractivity contribution >= 4 is 0 Å². The maximum absolute atomic E-state index is 5.67. The van der Waals surface area contributed by atoms with Gasteiger partial charge in [-0.3, -0.25) is 0 Å². The van der Waals surface area contributed by atoms with E-state index in [1.165, 1.54) is 12.0 Å². The van der Waals surface area contributed by atoms with Crippen molar-refractivity contribution in [3.63, 3.8) is 0 Å². The summed E-state index contributed by atoms with van der Waals surface area (Å²) in [4.78, 5) is 0. The molecule has 0 radical (unpaired) electrons. The molecule has 0 heterocycles. The van der Waals surface area contributed by atoms with Gasteiger partial charge in [0, 0.05) is 13.1 Å². The molecule has 1 aromatic rings. The van der Waals surface area contributed by atoms with Crippen LogP contribution in [-0.4, -0.2) is 13.2 Å². The maximum Gasteiger partial charge on any atom is 0.119 e. The number of hydrogen-bond donors (Lipinski definition) is 1. The van der Waals surface area contributed by atoms with Crippen LogP contribution in [0.15, 0.2) is 24.3 Å². The zero-order valence-corrected chi connectivity index (χ0v) is 13.8. The van der Waals surface area contributed by atoms with Gasteiger partial charge in [0.15, 0.2) is 0 Å². The summed E-state index contributed by atoms with van der Waals surface area (Å²) < 4.78 is 5.67. The Labute approximate surface area is 124 Å². The van der Waals surface area contributed by atoms with Gasteiger partial charge in [0.2, 0.25) is 0 Å². The van der Waals surface area contributed by atoms with Gasteiger partial charge in [-0.05, 0) is 35.4 Å². The number of benzene rings is 1. The molecule has 0 aliphatic heterocycles. The SMILES string of the molecule is CCCCOc1ccc(CNCC(C)(C)C(C)C)cc1. The van der Waals surface area contributed by atoms with Crippen LogP contribution in [0, 0.1) is 11.3 Å². The van der Waals surface area contributed by atoms with Gasteiger partial charge in [0.25, 0.3) is 0 Å². The second-order valence-electron chi connectivity index (χ2n) is 6.59. The predicted octanol–water partition coefficient (Wildman–Crippen LogP) is 4.64. The fourth-order valence-corrected chi connectivity index (χ4v) is 1.77. The summed E-state index contributed by atoms with van der Waals surface area (Å²) in [6.45, 7) is 14.1. The summed E-state index contributed by atoms with van der Waals surface area (Å²) in [5.74, 6) is 1.66. The monoisotopic (exact) mass is 277 g/mol. The maximum atomic E-state index is 5.67. The average Bonchev–Trinajstić information content (AvgIpc) is 2.40. The highest BCUT2D eigenvalue weighted by Crippen LogP contribution is 2.24. The Kier molecular flexibility index (Phi) is 7.08. The second kappa shape index (κ2) is 8.31. The van der Waals surface area contributed by atoms with Crippen LogP contribution in [0.3, 0.4) is 0 Å². The van der Waals surface area contributed by atoms with Crippen LogP contribution in [0.2, 0.25) is 0 Å². The van der Waals surface area contributed by atoms with Crippen molar-refractivity contribution in [3.05, 3.63) is 29.8 Å². The molecule has 2 nitrogen and oxygen atoms in total. The molecule has 1 rings (SSSR count). The van der Waals surface area contributed by atoms with E-state index in [4.69, 9.17) is 4.74 Å². The van der Waals surface area contributed by atoms with E-state index < -0.39 is 0 Å². The molecule has 0 saturated heterocycles. The standard InChI is InChI=1S/C18H31NO/c1-6-7-12-20-17-10-8-16(9-11-17)13-19-14-18(4,5)15(2)3/h8-11,15,19H,6-7,12-14H2,1-5H3. The molecule has 2 heteroatoms. The van der Waals surface area contributed by atoms with Gasteiger partial charge < -0.3 is 10.1 Å². The van der Waals surface area contributed by atoms with Crippen molar-refractivity contribution in [2.24, 2.45) is 11.3 Å². The summed E-state index contributed by atoms with van der Waals surface area (Å²) in [5.41, 5.74) is 1.65. The largest absolute Gasteiger partial charge is 0.494 e. The molecule has 114 valence electrons. The molecular weight excluding hydrogens is 246 g/mol. The van der Waals surface area contributed by atoms with Crippen LogP contribution in [0.4, 0.5) is 0 Å². The van der Waals surface area contributed by atoms with Crippen LogP contribution in [0.5, 0.6) is 5.75 Å². The molecule has 0 aromatic heterocycles. The van der Waals surface area contributed by atoms with E-state index in [9.17, 15) is 0 Å². The zero-order chi connectivity index (χ0) is 15.0. The lowest BCUT2D eigenvalue weighted by Crippen LogP contribution is -2.33. The van der Waals surface area contributed by atoms with Gasteiger partial charge in [-0.25, -0.2) is 0 Å². The van der Waals surface area contributed by atoms with E-state index in [1.807, 2.05) is 0 Å². The average molecular weight is 277 g/mol. The first-order chi connectivity index (χ1) is 9.45. The van der Waals surface area contributed by atoms with E-state index in [-0.39, 0.29) is 0 Å². The van der Waals surface area contributed by atoms with E-state index in [2.05, 4.69) is 64.2 Å². The van der Waals surface area contributed by atoms with E-state index >= 15 is 0 Å². The van der Waals surface area contributed by atoms with Crippen LogP contribution in [-0.2, 0) is 6.54 Å². The van der Waals surface area contributed by atoms with Crippen molar-refractivity contribution in [2.45, 2.75) is 54.0 Å². The Bertz CT molecular complexity index is 368. The fourth-order valence-electron chi connectivity index (χ4n) is 1.77. The van der Waals surface area contributed by atoms with Gasteiger partial charge in [-0.15, -0.1) is 0 Å². The topological polar surface area (TPSA) is 21.3 Å². The minimum Gasteiger partial charge on any atom is -0.494 e. The van der Waals surface area contributed by atoms with Gasteiger partial charge in [-0.2, -0.15) is 0 Å². The number of unbranched alkanes of at least 4 members (excludes halogenated alkanes) is 1. The van der Waals surface area contributed by atoms with Crippen molar-refractivity contribution in [2.75, 3.05) is 13.2 Å². The predicted molar refractivity (Wildman–Crippen MR) is 87.2 cm³/mol. The Morgan fingerprint density at radius 3 is 2.35 bits per heavy atom. The molecule has 0 aliphatic rings. The first-order valence-corrected chi connectivity index (χ1v) is 7.88. The Morgan fingerprint density at radius 1 is 1.15 bits per heavy atom. The molecule has 0 unspecified atom stereocenters. The molecule has 1 aromatic carbocycles. The molecule has 0 saturated carbocycles.